The summed E-state index contributed by atoms with van der Waals surface area (Å²) in [4.78, 5) is 0. The van der Waals surface area contributed by atoms with Crippen LogP contribution in [0.1, 0.15) is 26.3 Å². The topological polar surface area (TPSA) is 55.6 Å². The van der Waals surface area contributed by atoms with Crippen LogP contribution in [0.15, 0.2) is 29.4 Å². The summed E-state index contributed by atoms with van der Waals surface area (Å²) in [5, 5.41) is 16.9. The molecule has 21 heavy (non-hydrogen) atoms. The minimum Gasteiger partial charge on any atom is -0.310 e. The van der Waals surface area contributed by atoms with Crippen molar-refractivity contribution in [2.45, 2.75) is 43.8 Å². The second-order valence-electron chi connectivity index (χ2n) is 5.74. The molecule has 0 saturated heterocycles. The minimum absolute atomic E-state index is 0.0961. The van der Waals surface area contributed by atoms with Gasteiger partial charge in [-0.2, -0.15) is 0 Å². The highest BCUT2D eigenvalue weighted by Crippen LogP contribution is 2.24. The standard InChI is InChI=1S/C14H20ClN5S/c1-14(2,3)16-8-9-20-13(17-18-19-20)21-10-11-6-4-5-7-12(11)15/h4-7,16H,8-10H2,1-3H3. The first kappa shape index (κ1) is 16.3. The van der Waals surface area contributed by atoms with E-state index in [1.165, 1.54) is 0 Å². The number of hydrogen-bond donors (Lipinski definition) is 1. The average Bonchev–Trinajstić information content (AvgIpc) is 2.84. The molecule has 0 spiro atoms. The summed E-state index contributed by atoms with van der Waals surface area (Å²) < 4.78 is 1.82. The monoisotopic (exact) mass is 325 g/mol. The van der Waals surface area contributed by atoms with E-state index in [1.54, 1.807) is 11.8 Å². The Hall–Kier alpha value is -1.11. The molecular formula is C14H20ClN5S. The molecule has 0 aliphatic rings. The zero-order chi connectivity index (χ0) is 15.3. The molecule has 2 rings (SSSR count). The second-order valence-corrected chi connectivity index (χ2v) is 7.09. The molecular weight excluding hydrogens is 306 g/mol. The van der Waals surface area contributed by atoms with Gasteiger partial charge in [-0.1, -0.05) is 41.6 Å². The van der Waals surface area contributed by atoms with Gasteiger partial charge >= 0.3 is 0 Å². The summed E-state index contributed by atoms with van der Waals surface area (Å²) in [6, 6.07) is 7.83. The van der Waals surface area contributed by atoms with E-state index in [9.17, 15) is 0 Å². The van der Waals surface area contributed by atoms with Crippen LogP contribution < -0.4 is 5.32 Å². The molecule has 0 amide bonds. The highest BCUT2D eigenvalue weighted by atomic mass is 35.5. The molecule has 114 valence electrons. The zero-order valence-electron chi connectivity index (χ0n) is 12.5. The number of aromatic nitrogens is 4. The Morgan fingerprint density at radius 2 is 2.05 bits per heavy atom. The number of tetrazole rings is 1. The van der Waals surface area contributed by atoms with Gasteiger partial charge in [0.1, 0.15) is 0 Å². The highest BCUT2D eigenvalue weighted by molar-refractivity contribution is 7.98. The van der Waals surface area contributed by atoms with E-state index >= 15 is 0 Å². The number of rotatable bonds is 6. The van der Waals surface area contributed by atoms with Crippen molar-refractivity contribution < 1.29 is 0 Å². The van der Waals surface area contributed by atoms with Gasteiger partial charge in [0.05, 0.1) is 6.54 Å². The van der Waals surface area contributed by atoms with Crippen LogP contribution in [0.4, 0.5) is 0 Å². The second kappa shape index (κ2) is 7.24. The first-order valence-corrected chi connectivity index (χ1v) is 8.19. The fraction of sp³-hybridized carbons (Fsp3) is 0.500. The number of halogens is 1. The summed E-state index contributed by atoms with van der Waals surface area (Å²) in [5.41, 5.74) is 1.19. The van der Waals surface area contributed by atoms with Gasteiger partial charge in [0.15, 0.2) is 0 Å². The fourth-order valence-electron chi connectivity index (χ4n) is 1.73. The molecule has 1 aromatic carbocycles. The Morgan fingerprint density at radius 1 is 1.29 bits per heavy atom. The first-order chi connectivity index (χ1) is 9.96. The molecule has 1 heterocycles. The van der Waals surface area contributed by atoms with Gasteiger partial charge in [0.2, 0.25) is 5.16 Å². The smallest absolute Gasteiger partial charge is 0.209 e. The summed E-state index contributed by atoms with van der Waals surface area (Å²) in [6.45, 7) is 7.99. The predicted octanol–water partition coefficient (Wildman–Crippen LogP) is 3.01. The van der Waals surface area contributed by atoms with E-state index in [4.69, 9.17) is 11.6 Å². The molecule has 1 aromatic heterocycles. The van der Waals surface area contributed by atoms with Crippen molar-refractivity contribution in [3.8, 4) is 0 Å². The Bertz CT molecular complexity index is 579. The van der Waals surface area contributed by atoms with Crippen LogP contribution in [-0.4, -0.2) is 32.3 Å². The number of thioether (sulfide) groups is 1. The summed E-state index contributed by atoms with van der Waals surface area (Å²) >= 11 is 7.75. The number of hydrogen-bond acceptors (Lipinski definition) is 5. The van der Waals surface area contributed by atoms with E-state index < -0.39 is 0 Å². The summed E-state index contributed by atoms with van der Waals surface area (Å²) in [7, 11) is 0. The maximum atomic E-state index is 6.16. The van der Waals surface area contributed by atoms with Crippen molar-refractivity contribution in [2.75, 3.05) is 6.54 Å². The van der Waals surface area contributed by atoms with Crippen LogP contribution in [0.25, 0.3) is 0 Å². The molecule has 0 radical (unpaired) electrons. The molecule has 7 heteroatoms. The molecule has 0 bridgehead atoms. The van der Waals surface area contributed by atoms with Gasteiger partial charge in [-0.3, -0.25) is 0 Å². The van der Waals surface area contributed by atoms with Crippen LogP contribution >= 0.6 is 23.4 Å². The van der Waals surface area contributed by atoms with E-state index in [0.717, 1.165) is 34.6 Å². The molecule has 0 saturated carbocycles. The van der Waals surface area contributed by atoms with Crippen LogP contribution in [0.2, 0.25) is 5.02 Å². The Morgan fingerprint density at radius 3 is 2.76 bits per heavy atom. The SMILES string of the molecule is CC(C)(C)NCCn1nnnc1SCc1ccccc1Cl. The van der Waals surface area contributed by atoms with Crippen molar-refractivity contribution in [3.05, 3.63) is 34.9 Å². The largest absolute Gasteiger partial charge is 0.310 e. The normalized spacial score (nSPS) is 11.8. The van der Waals surface area contributed by atoms with E-state index in [0.29, 0.717) is 0 Å². The third-order valence-corrected chi connectivity index (χ3v) is 4.17. The van der Waals surface area contributed by atoms with Crippen LogP contribution in [0, 0.1) is 0 Å². The number of benzene rings is 1. The van der Waals surface area contributed by atoms with Crippen molar-refractivity contribution in [3.63, 3.8) is 0 Å². The molecule has 0 unspecified atom stereocenters. The summed E-state index contributed by atoms with van der Waals surface area (Å²) in [5.74, 6) is 0.757. The van der Waals surface area contributed by atoms with E-state index in [2.05, 4.69) is 41.6 Å². The van der Waals surface area contributed by atoms with Gasteiger partial charge in [-0.15, -0.1) is 5.10 Å². The van der Waals surface area contributed by atoms with Crippen LogP contribution in [-0.2, 0) is 12.3 Å². The average molecular weight is 326 g/mol. The van der Waals surface area contributed by atoms with Crippen molar-refractivity contribution in [1.29, 1.82) is 0 Å². The maximum Gasteiger partial charge on any atom is 0.209 e. The van der Waals surface area contributed by atoms with Gasteiger partial charge in [-0.05, 0) is 42.8 Å². The Balaban J connectivity index is 1.90. The molecule has 2 aromatic rings. The lowest BCUT2D eigenvalue weighted by atomic mass is 10.1. The zero-order valence-corrected chi connectivity index (χ0v) is 14.1. The van der Waals surface area contributed by atoms with Crippen LogP contribution in [0.5, 0.6) is 0 Å². The highest BCUT2D eigenvalue weighted by Gasteiger charge is 2.11. The van der Waals surface area contributed by atoms with E-state index in [-0.39, 0.29) is 5.54 Å². The molecule has 5 nitrogen and oxygen atoms in total. The fourth-order valence-corrected chi connectivity index (χ4v) is 2.92. The van der Waals surface area contributed by atoms with Crippen molar-refractivity contribution in [2.24, 2.45) is 0 Å². The van der Waals surface area contributed by atoms with Gasteiger partial charge in [0, 0.05) is 22.9 Å². The lowest BCUT2D eigenvalue weighted by Gasteiger charge is -2.20. The Labute approximate surface area is 134 Å². The molecule has 0 aliphatic heterocycles. The number of nitrogens with zero attached hydrogens (tertiary/aromatic N) is 4. The minimum atomic E-state index is 0.0961. The van der Waals surface area contributed by atoms with Crippen LogP contribution in [0.3, 0.4) is 0 Å². The summed E-state index contributed by atoms with van der Waals surface area (Å²) in [6.07, 6.45) is 0. The maximum absolute atomic E-state index is 6.16. The first-order valence-electron chi connectivity index (χ1n) is 6.83. The third kappa shape index (κ3) is 5.30. The predicted molar refractivity (Wildman–Crippen MR) is 86.6 cm³/mol. The molecule has 1 N–H and O–H groups in total. The molecule has 0 atom stereocenters. The van der Waals surface area contributed by atoms with E-state index in [1.807, 2.05) is 28.9 Å². The third-order valence-electron chi connectivity index (χ3n) is 2.79. The Kier molecular flexibility index (Phi) is 5.61. The molecule has 0 fully saturated rings. The van der Waals surface area contributed by atoms with Gasteiger partial charge < -0.3 is 5.32 Å². The lowest BCUT2D eigenvalue weighted by Crippen LogP contribution is -2.38. The quantitative estimate of drug-likeness (QED) is 0.827. The van der Waals surface area contributed by atoms with Gasteiger partial charge in [-0.25, -0.2) is 4.68 Å². The van der Waals surface area contributed by atoms with Crippen molar-refractivity contribution >= 4 is 23.4 Å². The number of nitrogens with one attached hydrogen (secondary N) is 1. The van der Waals surface area contributed by atoms with Gasteiger partial charge in [0.25, 0.3) is 0 Å². The molecule has 0 aliphatic carbocycles. The van der Waals surface area contributed by atoms with Crippen molar-refractivity contribution in [1.82, 2.24) is 25.5 Å². The lowest BCUT2D eigenvalue weighted by molar-refractivity contribution is 0.396.